The second kappa shape index (κ2) is 4.82. The molecule has 0 aliphatic rings. The van der Waals surface area contributed by atoms with Crippen molar-refractivity contribution in [2.45, 2.75) is 19.9 Å². The highest BCUT2D eigenvalue weighted by Gasteiger charge is 2.11. The molecule has 2 aromatic rings. The van der Waals surface area contributed by atoms with Gasteiger partial charge >= 0.3 is 5.97 Å². The number of aryl methyl sites for hydroxylation is 1. The zero-order valence-corrected chi connectivity index (χ0v) is 9.63. The molecule has 0 atom stereocenters. The van der Waals surface area contributed by atoms with Crippen LogP contribution in [-0.4, -0.2) is 20.9 Å². The van der Waals surface area contributed by atoms with E-state index in [9.17, 15) is 4.79 Å². The van der Waals surface area contributed by atoms with Crippen molar-refractivity contribution < 1.29 is 9.90 Å². The second-order valence-electron chi connectivity index (χ2n) is 3.79. The first kappa shape index (κ1) is 11.4. The molecule has 0 saturated carbocycles. The number of carbonyl (C=O) groups is 1. The number of nitrogens with zero attached hydrogens (tertiary/aromatic N) is 2. The van der Waals surface area contributed by atoms with E-state index in [0.717, 1.165) is 23.4 Å². The first-order chi connectivity index (χ1) is 8.20. The molecule has 0 radical (unpaired) electrons. The summed E-state index contributed by atoms with van der Waals surface area (Å²) in [6, 6.07) is 11.6. The van der Waals surface area contributed by atoms with E-state index in [-0.39, 0.29) is 6.54 Å². The fraction of sp³-hybridized carbons (Fsp3) is 0.231. The molecule has 1 aromatic carbocycles. The van der Waals surface area contributed by atoms with Gasteiger partial charge in [-0.3, -0.25) is 9.48 Å². The fourth-order valence-corrected chi connectivity index (χ4v) is 1.73. The SMILES string of the molecule is CCc1cc(-c2ccccc2)n(CC(=O)O)n1. The smallest absolute Gasteiger partial charge is 0.325 e. The van der Waals surface area contributed by atoms with E-state index in [1.807, 2.05) is 43.3 Å². The normalized spacial score (nSPS) is 10.4. The number of carboxylic acids is 1. The summed E-state index contributed by atoms with van der Waals surface area (Å²) < 4.78 is 1.54. The molecule has 1 N–H and O–H groups in total. The van der Waals surface area contributed by atoms with Crippen molar-refractivity contribution in [3.05, 3.63) is 42.1 Å². The zero-order chi connectivity index (χ0) is 12.3. The van der Waals surface area contributed by atoms with Crippen LogP contribution >= 0.6 is 0 Å². The molecule has 0 aliphatic carbocycles. The van der Waals surface area contributed by atoms with Gasteiger partial charge < -0.3 is 5.11 Å². The number of rotatable bonds is 4. The van der Waals surface area contributed by atoms with Gasteiger partial charge in [0.2, 0.25) is 0 Å². The first-order valence-electron chi connectivity index (χ1n) is 5.54. The van der Waals surface area contributed by atoms with Gasteiger partial charge in [0.15, 0.2) is 0 Å². The van der Waals surface area contributed by atoms with E-state index >= 15 is 0 Å². The number of hydrogen-bond donors (Lipinski definition) is 1. The van der Waals surface area contributed by atoms with Crippen molar-refractivity contribution in [1.82, 2.24) is 9.78 Å². The summed E-state index contributed by atoms with van der Waals surface area (Å²) in [4.78, 5) is 10.8. The summed E-state index contributed by atoms with van der Waals surface area (Å²) >= 11 is 0. The molecular formula is C13H14N2O2. The van der Waals surface area contributed by atoms with Crippen molar-refractivity contribution in [2.24, 2.45) is 0 Å². The molecule has 88 valence electrons. The van der Waals surface area contributed by atoms with Crippen LogP contribution in [0, 0.1) is 0 Å². The van der Waals surface area contributed by atoms with Gasteiger partial charge in [0.05, 0.1) is 11.4 Å². The number of hydrogen-bond acceptors (Lipinski definition) is 2. The van der Waals surface area contributed by atoms with Gasteiger partial charge in [-0.25, -0.2) is 0 Å². The van der Waals surface area contributed by atoms with Gasteiger partial charge in [0, 0.05) is 0 Å². The fourth-order valence-electron chi connectivity index (χ4n) is 1.73. The monoisotopic (exact) mass is 230 g/mol. The number of benzene rings is 1. The third-order valence-electron chi connectivity index (χ3n) is 2.55. The minimum absolute atomic E-state index is 0.107. The maximum atomic E-state index is 10.8. The summed E-state index contributed by atoms with van der Waals surface area (Å²) in [5.74, 6) is -0.882. The van der Waals surface area contributed by atoms with E-state index in [1.165, 1.54) is 4.68 Å². The summed E-state index contributed by atoms with van der Waals surface area (Å²) in [5.41, 5.74) is 2.75. The van der Waals surface area contributed by atoms with Crippen LogP contribution in [0.1, 0.15) is 12.6 Å². The Morgan fingerprint density at radius 1 is 1.35 bits per heavy atom. The summed E-state index contributed by atoms with van der Waals surface area (Å²) in [6.45, 7) is 1.90. The van der Waals surface area contributed by atoms with Gasteiger partial charge in [-0.2, -0.15) is 5.10 Å². The Hall–Kier alpha value is -2.10. The Balaban J connectivity index is 2.44. The second-order valence-corrected chi connectivity index (χ2v) is 3.79. The third-order valence-corrected chi connectivity index (χ3v) is 2.55. The maximum Gasteiger partial charge on any atom is 0.325 e. The Kier molecular flexibility index (Phi) is 3.23. The maximum absolute atomic E-state index is 10.8. The van der Waals surface area contributed by atoms with Gasteiger partial charge in [-0.1, -0.05) is 37.3 Å². The Bertz CT molecular complexity index is 517. The molecule has 17 heavy (non-hydrogen) atoms. The lowest BCUT2D eigenvalue weighted by Crippen LogP contribution is -2.11. The van der Waals surface area contributed by atoms with Crippen molar-refractivity contribution in [1.29, 1.82) is 0 Å². The van der Waals surface area contributed by atoms with Gasteiger partial charge in [0.25, 0.3) is 0 Å². The van der Waals surface area contributed by atoms with E-state index in [0.29, 0.717) is 0 Å². The van der Waals surface area contributed by atoms with Gasteiger partial charge in [0.1, 0.15) is 6.54 Å². The minimum Gasteiger partial charge on any atom is -0.480 e. The predicted octanol–water partition coefficient (Wildman–Crippen LogP) is 2.20. The van der Waals surface area contributed by atoms with Gasteiger partial charge in [-0.05, 0) is 18.1 Å². The third kappa shape index (κ3) is 2.53. The molecule has 2 rings (SSSR count). The molecule has 0 saturated heterocycles. The molecule has 4 nitrogen and oxygen atoms in total. The molecule has 1 heterocycles. The van der Waals surface area contributed by atoms with Crippen LogP contribution in [0.3, 0.4) is 0 Å². The van der Waals surface area contributed by atoms with Gasteiger partial charge in [-0.15, -0.1) is 0 Å². The van der Waals surface area contributed by atoms with Crippen LogP contribution in [0.4, 0.5) is 0 Å². The molecule has 0 bridgehead atoms. The summed E-state index contributed by atoms with van der Waals surface area (Å²) in [6.07, 6.45) is 0.798. The van der Waals surface area contributed by atoms with Crippen LogP contribution in [0.5, 0.6) is 0 Å². The highest BCUT2D eigenvalue weighted by molar-refractivity contribution is 5.68. The summed E-state index contributed by atoms with van der Waals surface area (Å²) in [5, 5.41) is 13.1. The molecule has 0 unspecified atom stereocenters. The molecule has 0 amide bonds. The quantitative estimate of drug-likeness (QED) is 0.876. The van der Waals surface area contributed by atoms with E-state index in [4.69, 9.17) is 5.11 Å². The van der Waals surface area contributed by atoms with E-state index < -0.39 is 5.97 Å². The average Bonchev–Trinajstić information content (AvgIpc) is 2.72. The molecule has 0 spiro atoms. The van der Waals surface area contributed by atoms with Crippen molar-refractivity contribution >= 4 is 5.97 Å². The number of aliphatic carboxylic acids is 1. The van der Waals surface area contributed by atoms with Crippen LogP contribution in [0.25, 0.3) is 11.3 Å². The largest absolute Gasteiger partial charge is 0.480 e. The van der Waals surface area contributed by atoms with Crippen LogP contribution in [-0.2, 0) is 17.8 Å². The first-order valence-corrected chi connectivity index (χ1v) is 5.54. The molecule has 0 aliphatic heterocycles. The van der Waals surface area contributed by atoms with Crippen molar-refractivity contribution in [3.63, 3.8) is 0 Å². The number of carboxylic acid groups (broad SMARTS) is 1. The topological polar surface area (TPSA) is 55.1 Å². The van der Waals surface area contributed by atoms with E-state index in [2.05, 4.69) is 5.10 Å². The highest BCUT2D eigenvalue weighted by atomic mass is 16.4. The predicted molar refractivity (Wildman–Crippen MR) is 64.7 cm³/mol. The lowest BCUT2D eigenvalue weighted by Gasteiger charge is -2.04. The Morgan fingerprint density at radius 3 is 2.65 bits per heavy atom. The molecule has 1 aromatic heterocycles. The minimum atomic E-state index is -0.882. The molecular weight excluding hydrogens is 216 g/mol. The zero-order valence-electron chi connectivity index (χ0n) is 9.63. The lowest BCUT2D eigenvalue weighted by molar-refractivity contribution is -0.137. The Morgan fingerprint density at radius 2 is 2.06 bits per heavy atom. The van der Waals surface area contributed by atoms with Crippen molar-refractivity contribution in [2.75, 3.05) is 0 Å². The highest BCUT2D eigenvalue weighted by Crippen LogP contribution is 2.20. The molecule has 0 fully saturated rings. The molecule has 4 heteroatoms. The van der Waals surface area contributed by atoms with Crippen LogP contribution in [0.2, 0.25) is 0 Å². The lowest BCUT2D eigenvalue weighted by atomic mass is 10.1. The van der Waals surface area contributed by atoms with Crippen molar-refractivity contribution in [3.8, 4) is 11.3 Å². The Labute approximate surface area is 99.5 Å². The number of aromatic nitrogens is 2. The van der Waals surface area contributed by atoms with Crippen LogP contribution in [0.15, 0.2) is 36.4 Å². The summed E-state index contributed by atoms with van der Waals surface area (Å²) in [7, 11) is 0. The van der Waals surface area contributed by atoms with Crippen LogP contribution < -0.4 is 0 Å². The average molecular weight is 230 g/mol. The van der Waals surface area contributed by atoms with E-state index in [1.54, 1.807) is 0 Å². The standard InChI is InChI=1S/C13H14N2O2/c1-2-11-8-12(10-6-4-3-5-7-10)15(14-11)9-13(16)17/h3-8H,2,9H2,1H3,(H,16,17).